The van der Waals surface area contributed by atoms with Gasteiger partial charge in [-0.25, -0.2) is 17.6 Å². The molecule has 0 spiro atoms. The van der Waals surface area contributed by atoms with Crippen LogP contribution in [0.1, 0.15) is 25.5 Å². The van der Waals surface area contributed by atoms with Gasteiger partial charge in [-0.1, -0.05) is 25.5 Å². The summed E-state index contributed by atoms with van der Waals surface area (Å²) in [5.74, 6) is -6.45. The fraction of sp³-hybridized carbons (Fsp3) is 0.200. The highest BCUT2D eigenvalue weighted by Gasteiger charge is 2.29. The van der Waals surface area contributed by atoms with E-state index in [4.69, 9.17) is 4.42 Å². The van der Waals surface area contributed by atoms with E-state index in [1.54, 1.807) is 0 Å². The molecule has 0 unspecified atom stereocenters. The van der Waals surface area contributed by atoms with E-state index in [1.165, 1.54) is 18.2 Å². The van der Waals surface area contributed by atoms with Gasteiger partial charge in [0.2, 0.25) is 0 Å². The predicted octanol–water partition coefficient (Wildman–Crippen LogP) is 6.42. The van der Waals surface area contributed by atoms with Gasteiger partial charge in [-0.3, -0.25) is 10.1 Å². The third kappa shape index (κ3) is 3.49. The first-order valence-electron chi connectivity index (χ1n) is 8.55. The summed E-state index contributed by atoms with van der Waals surface area (Å²) < 4.78 is 63.8. The summed E-state index contributed by atoms with van der Waals surface area (Å²) in [4.78, 5) is 10.1. The number of nitrogens with zero attached hydrogens (tertiary/aromatic N) is 1. The van der Waals surface area contributed by atoms with Gasteiger partial charge >= 0.3 is 0 Å². The molecule has 1 heterocycles. The van der Waals surface area contributed by atoms with Gasteiger partial charge in [0.1, 0.15) is 11.5 Å². The van der Waals surface area contributed by atoms with E-state index >= 15 is 0 Å². The van der Waals surface area contributed by atoms with Crippen molar-refractivity contribution in [1.29, 1.82) is 0 Å². The largest absolute Gasteiger partial charge is 0.461 e. The predicted molar refractivity (Wildman–Crippen MR) is 94.7 cm³/mol. The summed E-state index contributed by atoms with van der Waals surface area (Å²) in [5, 5.41) is 10.9. The number of halogens is 4. The molecule has 0 aliphatic carbocycles. The monoisotopic (exact) mass is 393 g/mol. The minimum atomic E-state index is -1.65. The molecule has 0 saturated carbocycles. The zero-order valence-electron chi connectivity index (χ0n) is 14.8. The molecule has 0 aliphatic heterocycles. The molecule has 3 rings (SSSR count). The molecule has 1 aromatic heterocycles. The zero-order valence-corrected chi connectivity index (χ0v) is 14.8. The Morgan fingerprint density at radius 2 is 1.61 bits per heavy atom. The topological polar surface area (TPSA) is 56.3 Å². The normalized spacial score (nSPS) is 11.0. The maximum absolute atomic E-state index is 14.6. The van der Waals surface area contributed by atoms with Gasteiger partial charge in [-0.2, -0.15) is 0 Å². The van der Waals surface area contributed by atoms with Crippen LogP contribution in [-0.2, 0) is 6.42 Å². The summed E-state index contributed by atoms with van der Waals surface area (Å²) in [6.07, 6.45) is 2.18. The van der Waals surface area contributed by atoms with Gasteiger partial charge in [0, 0.05) is 18.6 Å². The number of benzene rings is 2. The van der Waals surface area contributed by atoms with Crippen LogP contribution in [0.3, 0.4) is 0 Å². The van der Waals surface area contributed by atoms with Crippen molar-refractivity contribution in [1.82, 2.24) is 0 Å². The Morgan fingerprint density at radius 1 is 0.964 bits per heavy atom. The standard InChI is InChI=1S/C20H15F4NO3/c1-2-3-7-13-8-9-14(28-13)16-19(23)17(21)15(18(22)20(16)24)11-5-4-6-12(10-11)25(26)27/h4-6,8-10H,2-3,7H2,1H3. The van der Waals surface area contributed by atoms with Crippen LogP contribution in [0, 0.1) is 33.4 Å². The van der Waals surface area contributed by atoms with Crippen molar-refractivity contribution in [3.05, 3.63) is 75.5 Å². The molecule has 0 fully saturated rings. The molecule has 0 bridgehead atoms. The van der Waals surface area contributed by atoms with Crippen molar-refractivity contribution >= 4 is 5.69 Å². The van der Waals surface area contributed by atoms with Crippen LogP contribution in [0.25, 0.3) is 22.5 Å². The van der Waals surface area contributed by atoms with Crippen LogP contribution in [0.2, 0.25) is 0 Å². The van der Waals surface area contributed by atoms with E-state index in [-0.39, 0.29) is 11.3 Å². The maximum atomic E-state index is 14.6. The second kappa shape index (κ2) is 7.84. The number of aryl methyl sites for hydroxylation is 1. The summed E-state index contributed by atoms with van der Waals surface area (Å²) >= 11 is 0. The second-order valence-corrected chi connectivity index (χ2v) is 6.18. The number of nitro groups is 1. The molecule has 3 aromatic rings. The minimum Gasteiger partial charge on any atom is -0.461 e. The number of nitro benzene ring substituents is 1. The van der Waals surface area contributed by atoms with Crippen molar-refractivity contribution in [2.75, 3.05) is 0 Å². The lowest BCUT2D eigenvalue weighted by atomic mass is 9.99. The highest BCUT2D eigenvalue weighted by Crippen LogP contribution is 2.38. The summed E-state index contributed by atoms with van der Waals surface area (Å²) in [6.45, 7) is 1.96. The number of hydrogen-bond acceptors (Lipinski definition) is 3. The van der Waals surface area contributed by atoms with Gasteiger partial charge in [0.05, 0.1) is 16.1 Å². The Balaban J connectivity index is 2.14. The summed E-state index contributed by atoms with van der Waals surface area (Å²) in [6, 6.07) is 6.98. The number of furan rings is 1. The van der Waals surface area contributed by atoms with Gasteiger partial charge in [0.15, 0.2) is 23.3 Å². The molecule has 8 heteroatoms. The first kappa shape index (κ1) is 19.6. The average molecular weight is 393 g/mol. The highest BCUT2D eigenvalue weighted by atomic mass is 19.2. The Kier molecular flexibility index (Phi) is 5.48. The molecule has 0 atom stereocenters. The van der Waals surface area contributed by atoms with E-state index < -0.39 is 45.0 Å². The fourth-order valence-corrected chi connectivity index (χ4v) is 2.87. The Hall–Kier alpha value is -3.16. The first-order chi connectivity index (χ1) is 13.3. The molecule has 0 radical (unpaired) electrons. The van der Waals surface area contributed by atoms with Crippen LogP contribution >= 0.6 is 0 Å². The van der Waals surface area contributed by atoms with Gasteiger partial charge in [-0.05, 0) is 24.1 Å². The van der Waals surface area contributed by atoms with E-state index in [1.807, 2.05) is 6.92 Å². The minimum absolute atomic E-state index is 0.329. The lowest BCUT2D eigenvalue weighted by molar-refractivity contribution is -0.384. The van der Waals surface area contributed by atoms with Gasteiger partial charge in [0.25, 0.3) is 5.69 Å². The molecule has 0 saturated heterocycles. The van der Waals surface area contributed by atoms with Crippen molar-refractivity contribution in [3.8, 4) is 22.5 Å². The van der Waals surface area contributed by atoms with E-state index in [0.717, 1.165) is 31.0 Å². The maximum Gasteiger partial charge on any atom is 0.270 e. The molecule has 4 nitrogen and oxygen atoms in total. The fourth-order valence-electron chi connectivity index (χ4n) is 2.87. The third-order valence-electron chi connectivity index (χ3n) is 4.29. The molecule has 0 amide bonds. The number of non-ortho nitro benzene ring substituents is 1. The molecular weight excluding hydrogens is 378 g/mol. The molecule has 2 aromatic carbocycles. The lowest BCUT2D eigenvalue weighted by Crippen LogP contribution is -2.03. The Labute approximate surface area is 157 Å². The molecule has 0 aliphatic rings. The molecule has 28 heavy (non-hydrogen) atoms. The van der Waals surface area contributed by atoms with Crippen LogP contribution in [-0.4, -0.2) is 4.92 Å². The summed E-state index contributed by atoms with van der Waals surface area (Å²) in [7, 11) is 0. The first-order valence-corrected chi connectivity index (χ1v) is 8.55. The lowest BCUT2D eigenvalue weighted by Gasteiger charge is -2.11. The number of rotatable bonds is 6. The van der Waals surface area contributed by atoms with Crippen LogP contribution in [0.5, 0.6) is 0 Å². The Bertz CT molecular complexity index is 1020. The average Bonchev–Trinajstić information content (AvgIpc) is 3.14. The van der Waals surface area contributed by atoms with Crippen molar-refractivity contribution < 1.29 is 26.9 Å². The quantitative estimate of drug-likeness (QED) is 0.210. The molecular formula is C20H15F4NO3. The van der Waals surface area contributed by atoms with Crippen molar-refractivity contribution in [3.63, 3.8) is 0 Å². The van der Waals surface area contributed by atoms with Crippen molar-refractivity contribution in [2.45, 2.75) is 26.2 Å². The van der Waals surface area contributed by atoms with E-state index in [9.17, 15) is 27.7 Å². The molecule has 146 valence electrons. The second-order valence-electron chi connectivity index (χ2n) is 6.18. The third-order valence-corrected chi connectivity index (χ3v) is 4.29. The van der Waals surface area contributed by atoms with Crippen LogP contribution in [0.4, 0.5) is 23.2 Å². The highest BCUT2D eigenvalue weighted by molar-refractivity contribution is 5.72. The Morgan fingerprint density at radius 3 is 2.21 bits per heavy atom. The smallest absolute Gasteiger partial charge is 0.270 e. The molecule has 0 N–H and O–H groups in total. The van der Waals surface area contributed by atoms with Gasteiger partial charge in [-0.15, -0.1) is 0 Å². The SMILES string of the molecule is CCCCc1ccc(-c2c(F)c(F)c(-c3cccc([N+](=O)[O-])c3)c(F)c2F)o1. The van der Waals surface area contributed by atoms with Crippen molar-refractivity contribution in [2.24, 2.45) is 0 Å². The van der Waals surface area contributed by atoms with Gasteiger partial charge < -0.3 is 4.42 Å². The number of hydrogen-bond donors (Lipinski definition) is 0. The number of unbranched alkanes of at least 4 members (excludes halogenated alkanes) is 1. The van der Waals surface area contributed by atoms with Crippen LogP contribution in [0.15, 0.2) is 40.8 Å². The summed E-state index contributed by atoms with van der Waals surface area (Å²) in [5.41, 5.74) is -2.78. The van der Waals surface area contributed by atoms with E-state index in [2.05, 4.69) is 0 Å². The van der Waals surface area contributed by atoms with E-state index in [0.29, 0.717) is 12.2 Å². The van der Waals surface area contributed by atoms with Crippen LogP contribution < -0.4 is 0 Å². The zero-order chi connectivity index (χ0) is 20.4.